The Morgan fingerprint density at radius 3 is 2.00 bits per heavy atom. The predicted molar refractivity (Wildman–Crippen MR) is 141 cm³/mol. The second-order valence-corrected chi connectivity index (χ2v) is 10.6. The van der Waals surface area contributed by atoms with Crippen LogP contribution >= 0.6 is 11.8 Å². The molecule has 0 saturated heterocycles. The van der Waals surface area contributed by atoms with E-state index in [0.29, 0.717) is 12.2 Å². The maximum atomic E-state index is 13.6. The van der Waals surface area contributed by atoms with Crippen LogP contribution in [0.2, 0.25) is 0 Å². The van der Waals surface area contributed by atoms with Crippen LogP contribution in [-0.2, 0) is 28.3 Å². The van der Waals surface area contributed by atoms with E-state index in [-0.39, 0.29) is 29.9 Å². The third-order valence-electron chi connectivity index (χ3n) is 5.37. The monoisotopic (exact) mass is 492 g/mol. The lowest BCUT2D eigenvalue weighted by Gasteiger charge is -2.34. The molecule has 184 valence electrons. The summed E-state index contributed by atoms with van der Waals surface area (Å²) in [5.41, 5.74) is 2.44. The second kappa shape index (κ2) is 12.5. The molecule has 1 unspecified atom stereocenters. The molecular formula is C29H33FN2O2S. The molecule has 4 nitrogen and oxygen atoms in total. The van der Waals surface area contributed by atoms with Crippen LogP contribution in [0.25, 0.3) is 0 Å². The first-order valence-electron chi connectivity index (χ1n) is 11.7. The summed E-state index contributed by atoms with van der Waals surface area (Å²) in [6.45, 7) is 5.99. The maximum Gasteiger partial charge on any atom is 0.243 e. The van der Waals surface area contributed by atoms with Crippen molar-refractivity contribution in [2.75, 3.05) is 5.75 Å². The van der Waals surface area contributed by atoms with Gasteiger partial charge in [-0.1, -0.05) is 72.8 Å². The first-order chi connectivity index (χ1) is 16.7. The summed E-state index contributed by atoms with van der Waals surface area (Å²) >= 11 is 1.52. The van der Waals surface area contributed by atoms with Gasteiger partial charge in [0.15, 0.2) is 0 Å². The number of benzene rings is 3. The molecule has 3 rings (SSSR count). The van der Waals surface area contributed by atoms with E-state index in [1.165, 1.54) is 23.9 Å². The van der Waals surface area contributed by atoms with E-state index >= 15 is 0 Å². The lowest BCUT2D eigenvalue weighted by atomic mass is 10.0. The number of thioether (sulfide) groups is 1. The molecule has 0 heterocycles. The van der Waals surface area contributed by atoms with E-state index < -0.39 is 11.6 Å². The second-order valence-electron chi connectivity index (χ2n) is 9.57. The van der Waals surface area contributed by atoms with Gasteiger partial charge >= 0.3 is 0 Å². The third kappa shape index (κ3) is 8.87. The van der Waals surface area contributed by atoms with E-state index in [1.807, 2.05) is 81.4 Å². The van der Waals surface area contributed by atoms with Gasteiger partial charge in [-0.15, -0.1) is 11.8 Å². The quantitative estimate of drug-likeness (QED) is 0.400. The third-order valence-corrected chi connectivity index (χ3v) is 6.36. The van der Waals surface area contributed by atoms with Gasteiger partial charge in [-0.3, -0.25) is 9.59 Å². The Hall–Kier alpha value is -3.12. The maximum absolute atomic E-state index is 13.6. The lowest BCUT2D eigenvalue weighted by Crippen LogP contribution is -2.54. The van der Waals surface area contributed by atoms with E-state index in [9.17, 15) is 14.0 Å². The van der Waals surface area contributed by atoms with Gasteiger partial charge in [-0.25, -0.2) is 4.39 Å². The highest BCUT2D eigenvalue weighted by atomic mass is 32.2. The molecular weight excluding hydrogens is 459 g/mol. The smallest absolute Gasteiger partial charge is 0.243 e. The van der Waals surface area contributed by atoms with Crippen molar-refractivity contribution >= 4 is 23.6 Å². The van der Waals surface area contributed by atoms with E-state index in [2.05, 4.69) is 5.32 Å². The molecule has 0 aromatic heterocycles. The van der Waals surface area contributed by atoms with Gasteiger partial charge < -0.3 is 10.2 Å². The first kappa shape index (κ1) is 26.5. The van der Waals surface area contributed by atoms with Crippen LogP contribution in [0.4, 0.5) is 4.39 Å². The Morgan fingerprint density at radius 1 is 0.857 bits per heavy atom. The Kier molecular flexibility index (Phi) is 9.49. The van der Waals surface area contributed by atoms with Crippen molar-refractivity contribution in [3.8, 4) is 0 Å². The Labute approximate surface area is 211 Å². The molecule has 6 heteroatoms. The highest BCUT2D eigenvalue weighted by Gasteiger charge is 2.32. The number of carbonyl (C=O) groups excluding carboxylic acids is 2. The summed E-state index contributed by atoms with van der Waals surface area (Å²) in [6.07, 6.45) is 0.388. The lowest BCUT2D eigenvalue weighted by molar-refractivity contribution is -0.140. The molecule has 1 N–H and O–H groups in total. The van der Waals surface area contributed by atoms with Crippen molar-refractivity contribution in [1.29, 1.82) is 0 Å². The van der Waals surface area contributed by atoms with Crippen molar-refractivity contribution in [1.82, 2.24) is 10.2 Å². The minimum Gasteiger partial charge on any atom is -0.350 e. The molecule has 0 fully saturated rings. The minimum atomic E-state index is -0.702. The minimum absolute atomic E-state index is 0.125. The van der Waals surface area contributed by atoms with Crippen molar-refractivity contribution < 1.29 is 14.0 Å². The molecule has 35 heavy (non-hydrogen) atoms. The number of rotatable bonds is 10. The standard InChI is InChI=1S/C29H33FN2O2S/c1-29(2,3)31-28(34)26(18-22-10-6-4-7-11-22)32(19-23-14-16-25(30)17-15-23)27(33)21-35-20-24-12-8-5-9-13-24/h4-17,26H,18-21H2,1-3H3,(H,31,34). The van der Waals surface area contributed by atoms with E-state index in [1.54, 1.807) is 17.0 Å². The zero-order valence-electron chi connectivity index (χ0n) is 20.5. The molecule has 0 saturated carbocycles. The van der Waals surface area contributed by atoms with Crippen molar-refractivity contribution in [3.05, 3.63) is 107 Å². The van der Waals surface area contributed by atoms with Gasteiger partial charge in [0.1, 0.15) is 11.9 Å². The number of nitrogens with zero attached hydrogens (tertiary/aromatic N) is 1. The van der Waals surface area contributed by atoms with Crippen LogP contribution in [0, 0.1) is 5.82 Å². The molecule has 0 spiro atoms. The molecule has 2 amide bonds. The fourth-order valence-corrected chi connectivity index (χ4v) is 4.58. The summed E-state index contributed by atoms with van der Waals surface area (Å²) in [7, 11) is 0. The van der Waals surface area contributed by atoms with E-state index in [4.69, 9.17) is 0 Å². The average molecular weight is 493 g/mol. The fourth-order valence-electron chi connectivity index (χ4n) is 3.71. The number of amides is 2. The average Bonchev–Trinajstić information content (AvgIpc) is 2.82. The Morgan fingerprint density at radius 2 is 1.43 bits per heavy atom. The highest BCUT2D eigenvalue weighted by molar-refractivity contribution is 7.99. The van der Waals surface area contributed by atoms with Crippen LogP contribution in [0.5, 0.6) is 0 Å². The summed E-state index contributed by atoms with van der Waals surface area (Å²) in [6, 6.07) is 25.1. The van der Waals surface area contributed by atoms with Gasteiger partial charge in [0.25, 0.3) is 0 Å². The molecule has 0 bridgehead atoms. The highest BCUT2D eigenvalue weighted by Crippen LogP contribution is 2.19. The summed E-state index contributed by atoms with van der Waals surface area (Å²) in [5.74, 6) is 0.278. The van der Waals surface area contributed by atoms with Crippen LogP contribution < -0.4 is 5.32 Å². The zero-order chi connectivity index (χ0) is 25.3. The van der Waals surface area contributed by atoms with Gasteiger partial charge in [0, 0.05) is 24.3 Å². The Bertz CT molecular complexity index is 1080. The SMILES string of the molecule is CC(C)(C)NC(=O)C(Cc1ccccc1)N(Cc1ccc(F)cc1)C(=O)CSCc1ccccc1. The van der Waals surface area contributed by atoms with Crippen LogP contribution in [-0.4, -0.2) is 34.0 Å². The molecule has 0 aliphatic heterocycles. The topological polar surface area (TPSA) is 49.4 Å². The van der Waals surface area contributed by atoms with Crippen LogP contribution in [0.3, 0.4) is 0 Å². The van der Waals surface area contributed by atoms with Crippen molar-refractivity contribution in [2.24, 2.45) is 0 Å². The fraction of sp³-hybridized carbons (Fsp3) is 0.310. The largest absolute Gasteiger partial charge is 0.350 e. The molecule has 0 aliphatic rings. The number of hydrogen-bond donors (Lipinski definition) is 1. The summed E-state index contributed by atoms with van der Waals surface area (Å²) < 4.78 is 13.5. The zero-order valence-corrected chi connectivity index (χ0v) is 21.4. The van der Waals surface area contributed by atoms with Gasteiger partial charge in [-0.2, -0.15) is 0 Å². The summed E-state index contributed by atoms with van der Waals surface area (Å²) in [4.78, 5) is 28.7. The van der Waals surface area contributed by atoms with Crippen LogP contribution in [0.1, 0.15) is 37.5 Å². The van der Waals surface area contributed by atoms with Crippen molar-refractivity contribution in [2.45, 2.75) is 51.1 Å². The van der Waals surface area contributed by atoms with Gasteiger partial charge in [0.05, 0.1) is 5.75 Å². The van der Waals surface area contributed by atoms with Crippen molar-refractivity contribution in [3.63, 3.8) is 0 Å². The number of halogens is 1. The molecule has 0 radical (unpaired) electrons. The Balaban J connectivity index is 1.86. The summed E-state index contributed by atoms with van der Waals surface area (Å²) in [5, 5.41) is 3.05. The van der Waals surface area contributed by atoms with E-state index in [0.717, 1.165) is 16.7 Å². The van der Waals surface area contributed by atoms with Gasteiger partial charge in [0.2, 0.25) is 11.8 Å². The first-order valence-corrected chi connectivity index (χ1v) is 12.9. The molecule has 3 aromatic rings. The number of nitrogens with one attached hydrogen (secondary N) is 1. The molecule has 3 aromatic carbocycles. The van der Waals surface area contributed by atoms with Crippen LogP contribution in [0.15, 0.2) is 84.9 Å². The van der Waals surface area contributed by atoms with Gasteiger partial charge in [-0.05, 0) is 49.6 Å². The number of carbonyl (C=O) groups is 2. The number of hydrogen-bond acceptors (Lipinski definition) is 3. The normalized spacial score (nSPS) is 12.1. The molecule has 0 aliphatic carbocycles. The predicted octanol–water partition coefficient (Wildman–Crippen LogP) is 5.61. The molecule has 1 atom stereocenters.